The highest BCUT2D eigenvalue weighted by Gasteiger charge is 1.83. The van der Waals surface area contributed by atoms with Gasteiger partial charge in [-0.25, -0.2) is 9.07 Å². The molecule has 1 rings (SSSR count). The fourth-order valence-electron chi connectivity index (χ4n) is 0.332. The molecule has 8 heavy (non-hydrogen) atoms. The van der Waals surface area contributed by atoms with E-state index in [-0.39, 0.29) is 5.56 Å². The molecule has 0 spiro atoms. The van der Waals surface area contributed by atoms with Gasteiger partial charge in [0.25, 0.3) is 5.56 Å². The molecule has 0 saturated heterocycles. The first-order chi connectivity index (χ1) is 3.80. The minimum Gasteiger partial charge on any atom is -0.268 e. The second-order valence-electron chi connectivity index (χ2n) is 1.23. The zero-order valence-corrected chi connectivity index (χ0v) is 4.67. The smallest absolute Gasteiger partial charge is 0.268 e. The zero-order chi connectivity index (χ0) is 5.98. The monoisotopic (exact) mass is 130 g/mol. The van der Waals surface area contributed by atoms with Crippen molar-refractivity contribution in [3.05, 3.63) is 28.9 Å². The predicted molar refractivity (Wildman–Crippen MR) is 29.7 cm³/mol. The van der Waals surface area contributed by atoms with Gasteiger partial charge in [-0.05, 0) is 0 Å². The summed E-state index contributed by atoms with van der Waals surface area (Å²) in [6.07, 6.45) is 2.63. The summed E-state index contributed by atoms with van der Waals surface area (Å²) in [7, 11) is 0. The molecule has 0 aliphatic heterocycles. The van der Waals surface area contributed by atoms with E-state index in [1.165, 1.54) is 18.6 Å². The molecule has 1 heterocycles. The maximum atomic E-state index is 10.4. The second-order valence-corrected chi connectivity index (χ2v) is 1.59. The Bertz CT molecular complexity index is 231. The summed E-state index contributed by atoms with van der Waals surface area (Å²) in [5.41, 5.74) is -0.262. The highest BCUT2D eigenvalue weighted by Crippen LogP contribution is 1.75. The van der Waals surface area contributed by atoms with E-state index in [9.17, 15) is 4.79 Å². The third-order valence-corrected chi connectivity index (χ3v) is 0.936. The van der Waals surface area contributed by atoms with Gasteiger partial charge in [-0.15, -0.1) is 0 Å². The van der Waals surface area contributed by atoms with Crippen molar-refractivity contribution in [2.75, 3.05) is 0 Å². The van der Waals surface area contributed by atoms with Crippen molar-refractivity contribution in [2.24, 2.45) is 0 Å². The van der Waals surface area contributed by atoms with Crippen LogP contribution in [-0.4, -0.2) is 9.07 Å². The molecule has 0 radical (unpaired) electrons. The van der Waals surface area contributed by atoms with Gasteiger partial charge in [0.15, 0.2) is 0 Å². The first-order valence-electron chi connectivity index (χ1n) is 1.99. The van der Waals surface area contributed by atoms with Gasteiger partial charge in [0.1, 0.15) is 6.33 Å². The Morgan fingerprint density at radius 1 is 1.75 bits per heavy atom. The molecular weight excluding hydrogens is 128 g/mol. The average Bonchev–Trinajstić information content (AvgIpc) is 1.77. The molecule has 0 N–H and O–H groups in total. The number of nitrogens with zero attached hydrogens (tertiary/aromatic N) is 2. The third-order valence-electron chi connectivity index (χ3n) is 0.682. The summed E-state index contributed by atoms with van der Waals surface area (Å²) < 4.78 is 0.889. The molecule has 0 bridgehead atoms. The second kappa shape index (κ2) is 1.96. The van der Waals surface area contributed by atoms with Gasteiger partial charge in [-0.3, -0.25) is 4.79 Å². The maximum Gasteiger partial charge on any atom is 0.268 e. The Kier molecular flexibility index (Phi) is 1.30. The van der Waals surface area contributed by atoms with Crippen LogP contribution in [0.1, 0.15) is 0 Å². The fraction of sp³-hybridized carbons (Fsp3) is 0. The van der Waals surface area contributed by atoms with E-state index in [4.69, 9.17) is 11.8 Å². The molecule has 0 aliphatic rings. The van der Waals surface area contributed by atoms with Crippen LogP contribution in [0.25, 0.3) is 0 Å². The summed E-state index contributed by atoms with van der Waals surface area (Å²) in [6.45, 7) is 0. The van der Waals surface area contributed by atoms with Crippen LogP contribution >= 0.6 is 11.8 Å². The quantitative estimate of drug-likeness (QED) is 0.505. The van der Waals surface area contributed by atoms with Crippen molar-refractivity contribution in [1.29, 1.82) is 0 Å². The minimum atomic E-state index is -0.262. The topological polar surface area (TPSA) is 34.9 Å². The van der Waals surface area contributed by atoms with Crippen LogP contribution in [0.15, 0.2) is 23.4 Å². The van der Waals surface area contributed by atoms with E-state index in [0.717, 1.165) is 4.09 Å². The molecule has 4 heteroatoms. The molecule has 0 aliphatic carbocycles. The molecule has 1 aromatic heterocycles. The standard InChI is InChI=1S/C4H3ClN2O/c5-7-3-6-2-1-4(7)8/h1-3H. The molecular formula is C4H3ClN2O. The molecule has 0 amide bonds. The molecule has 0 fully saturated rings. The van der Waals surface area contributed by atoms with E-state index >= 15 is 0 Å². The lowest BCUT2D eigenvalue weighted by Crippen LogP contribution is -2.09. The van der Waals surface area contributed by atoms with E-state index in [1.807, 2.05) is 0 Å². The molecule has 0 unspecified atom stereocenters. The van der Waals surface area contributed by atoms with Crippen LogP contribution in [0, 0.1) is 0 Å². The molecule has 42 valence electrons. The summed E-state index contributed by atoms with van der Waals surface area (Å²) in [5, 5.41) is 0. The zero-order valence-electron chi connectivity index (χ0n) is 3.91. The number of halogens is 1. The molecule has 0 atom stereocenters. The highest BCUT2D eigenvalue weighted by atomic mass is 35.5. The van der Waals surface area contributed by atoms with Gasteiger partial charge in [0.05, 0.1) is 0 Å². The lowest BCUT2D eigenvalue weighted by atomic mass is 10.7. The summed E-state index contributed by atoms with van der Waals surface area (Å²) in [6, 6.07) is 1.28. The van der Waals surface area contributed by atoms with Gasteiger partial charge in [-0.1, -0.05) is 0 Å². The first-order valence-corrected chi connectivity index (χ1v) is 2.33. The molecule has 0 saturated carbocycles. The van der Waals surface area contributed by atoms with Gasteiger partial charge in [0.2, 0.25) is 0 Å². The Labute approximate surface area is 50.7 Å². The van der Waals surface area contributed by atoms with Crippen molar-refractivity contribution in [3.8, 4) is 0 Å². The highest BCUT2D eigenvalue weighted by molar-refractivity contribution is 6.15. The third kappa shape index (κ3) is 0.869. The lowest BCUT2D eigenvalue weighted by molar-refractivity contribution is 1.04. The van der Waals surface area contributed by atoms with Crippen molar-refractivity contribution in [1.82, 2.24) is 9.07 Å². The van der Waals surface area contributed by atoms with E-state index in [2.05, 4.69) is 4.98 Å². The molecule has 0 aromatic carbocycles. The normalized spacial score (nSPS) is 9.12. The van der Waals surface area contributed by atoms with E-state index in [0.29, 0.717) is 0 Å². The van der Waals surface area contributed by atoms with Gasteiger partial charge >= 0.3 is 0 Å². The predicted octanol–water partition coefficient (Wildman–Crippen LogP) is 0.245. The Balaban J connectivity index is 3.35. The lowest BCUT2D eigenvalue weighted by Gasteiger charge is -1.84. The number of hydrogen-bond acceptors (Lipinski definition) is 2. The molecule has 3 nitrogen and oxygen atoms in total. The van der Waals surface area contributed by atoms with E-state index < -0.39 is 0 Å². The average molecular weight is 131 g/mol. The van der Waals surface area contributed by atoms with Crippen LogP contribution in [0.5, 0.6) is 0 Å². The molecule has 1 aromatic rings. The maximum absolute atomic E-state index is 10.4. The van der Waals surface area contributed by atoms with Crippen molar-refractivity contribution in [2.45, 2.75) is 0 Å². The van der Waals surface area contributed by atoms with Crippen molar-refractivity contribution in [3.63, 3.8) is 0 Å². The van der Waals surface area contributed by atoms with Gasteiger partial charge in [-0.2, -0.15) is 0 Å². The largest absolute Gasteiger partial charge is 0.268 e. The first kappa shape index (κ1) is 5.31. The Morgan fingerprint density at radius 2 is 2.50 bits per heavy atom. The van der Waals surface area contributed by atoms with Crippen LogP contribution in [-0.2, 0) is 0 Å². The van der Waals surface area contributed by atoms with Crippen LogP contribution in [0.3, 0.4) is 0 Å². The summed E-state index contributed by atoms with van der Waals surface area (Å²) in [4.78, 5) is 14.0. The van der Waals surface area contributed by atoms with E-state index in [1.54, 1.807) is 0 Å². The van der Waals surface area contributed by atoms with Crippen LogP contribution < -0.4 is 5.56 Å². The summed E-state index contributed by atoms with van der Waals surface area (Å²) >= 11 is 5.25. The fourth-order valence-corrected chi connectivity index (χ4v) is 0.439. The Hall–Kier alpha value is -0.830. The number of aromatic nitrogens is 2. The SMILES string of the molecule is O=c1ccncn1Cl. The van der Waals surface area contributed by atoms with Gasteiger partial charge < -0.3 is 0 Å². The minimum absolute atomic E-state index is 0.262. The summed E-state index contributed by atoms with van der Waals surface area (Å²) in [5.74, 6) is 0. The van der Waals surface area contributed by atoms with Gasteiger partial charge in [0, 0.05) is 24.0 Å². The van der Waals surface area contributed by atoms with Crippen molar-refractivity contribution >= 4 is 11.8 Å². The Morgan fingerprint density at radius 3 is 2.88 bits per heavy atom. The van der Waals surface area contributed by atoms with Crippen LogP contribution in [0.2, 0.25) is 0 Å². The number of hydrogen-bond donors (Lipinski definition) is 0. The van der Waals surface area contributed by atoms with Crippen molar-refractivity contribution < 1.29 is 0 Å². The van der Waals surface area contributed by atoms with Crippen LogP contribution in [0.4, 0.5) is 0 Å². The number of rotatable bonds is 0.